The number of hydrogen-bond donors (Lipinski definition) is 2. The number of aromatic nitrogens is 3. The van der Waals surface area contributed by atoms with Crippen LogP contribution in [0.15, 0.2) is 36.0 Å². The summed E-state index contributed by atoms with van der Waals surface area (Å²) in [5, 5.41) is 14.8. The Kier molecular flexibility index (Phi) is 5.41. The second-order valence-electron chi connectivity index (χ2n) is 6.34. The number of para-hydroxylation sites is 1. The summed E-state index contributed by atoms with van der Waals surface area (Å²) in [5.74, 6) is 1.28. The average molecular weight is 323 g/mol. The van der Waals surface area contributed by atoms with Crippen LogP contribution in [0.3, 0.4) is 0 Å². The van der Waals surface area contributed by atoms with Gasteiger partial charge in [-0.25, -0.2) is 0 Å². The predicted molar refractivity (Wildman–Crippen MR) is 98.7 cm³/mol. The number of benzene rings is 1. The molecule has 3 rings (SSSR count). The third kappa shape index (κ3) is 4.31. The van der Waals surface area contributed by atoms with E-state index in [0.717, 1.165) is 18.7 Å². The molecular formula is C19H25N5. The van der Waals surface area contributed by atoms with Gasteiger partial charge in [-0.3, -0.25) is 0 Å². The number of hydrogen-bond acceptors (Lipinski definition) is 5. The van der Waals surface area contributed by atoms with E-state index in [-0.39, 0.29) is 0 Å². The van der Waals surface area contributed by atoms with Gasteiger partial charge in [0, 0.05) is 12.2 Å². The smallest absolute Gasteiger partial charge is 0.244 e. The second kappa shape index (κ2) is 7.90. The van der Waals surface area contributed by atoms with Crippen molar-refractivity contribution in [3.05, 3.63) is 47.2 Å². The van der Waals surface area contributed by atoms with Crippen LogP contribution in [-0.4, -0.2) is 21.7 Å². The minimum atomic E-state index is 0.572. The quantitative estimate of drug-likeness (QED) is 0.764. The van der Waals surface area contributed by atoms with E-state index >= 15 is 0 Å². The van der Waals surface area contributed by atoms with E-state index in [1.54, 1.807) is 11.8 Å². The van der Waals surface area contributed by atoms with Gasteiger partial charge in [0.05, 0.1) is 6.20 Å². The van der Waals surface area contributed by atoms with Crippen LogP contribution in [0, 0.1) is 13.8 Å². The zero-order valence-corrected chi connectivity index (χ0v) is 14.5. The van der Waals surface area contributed by atoms with Gasteiger partial charge in [0.15, 0.2) is 5.82 Å². The molecule has 2 aromatic rings. The highest BCUT2D eigenvalue weighted by molar-refractivity contribution is 5.64. The average Bonchev–Trinajstić information content (AvgIpc) is 2.60. The summed E-state index contributed by atoms with van der Waals surface area (Å²) in [6.07, 6.45) is 10.2. The van der Waals surface area contributed by atoms with Crippen molar-refractivity contribution in [1.82, 2.24) is 15.2 Å². The first kappa shape index (κ1) is 16.4. The highest BCUT2D eigenvalue weighted by atomic mass is 15.3. The minimum absolute atomic E-state index is 0.572. The van der Waals surface area contributed by atoms with E-state index in [1.165, 1.54) is 36.8 Å². The SMILES string of the molecule is Cc1cccc(C)c1Nc1cnnc(NCCC2=CCCCC2)n1. The molecule has 126 valence electrons. The molecule has 0 bridgehead atoms. The largest absolute Gasteiger partial charge is 0.353 e. The van der Waals surface area contributed by atoms with Crippen LogP contribution >= 0.6 is 0 Å². The fourth-order valence-corrected chi connectivity index (χ4v) is 3.04. The van der Waals surface area contributed by atoms with Crippen molar-refractivity contribution in [2.75, 3.05) is 17.2 Å². The topological polar surface area (TPSA) is 62.7 Å². The van der Waals surface area contributed by atoms with Gasteiger partial charge < -0.3 is 10.6 Å². The second-order valence-corrected chi connectivity index (χ2v) is 6.34. The zero-order valence-electron chi connectivity index (χ0n) is 14.5. The van der Waals surface area contributed by atoms with Crippen LogP contribution in [0.1, 0.15) is 43.2 Å². The van der Waals surface area contributed by atoms with Crippen molar-refractivity contribution >= 4 is 17.5 Å². The molecule has 1 aromatic carbocycles. The molecule has 24 heavy (non-hydrogen) atoms. The summed E-state index contributed by atoms with van der Waals surface area (Å²) in [4.78, 5) is 4.52. The Labute approximate surface area is 143 Å². The van der Waals surface area contributed by atoms with Crippen LogP contribution in [0.4, 0.5) is 17.5 Å². The molecule has 0 aliphatic heterocycles. The lowest BCUT2D eigenvalue weighted by molar-refractivity contribution is 0.679. The van der Waals surface area contributed by atoms with Gasteiger partial charge in [0.1, 0.15) is 0 Å². The molecule has 1 heterocycles. The summed E-state index contributed by atoms with van der Waals surface area (Å²) in [6.45, 7) is 5.02. The number of nitrogens with one attached hydrogen (secondary N) is 2. The van der Waals surface area contributed by atoms with Crippen LogP contribution < -0.4 is 10.6 Å². The van der Waals surface area contributed by atoms with Crippen molar-refractivity contribution in [2.24, 2.45) is 0 Å². The van der Waals surface area contributed by atoms with Gasteiger partial charge in [-0.2, -0.15) is 10.1 Å². The lowest BCUT2D eigenvalue weighted by Crippen LogP contribution is -2.09. The lowest BCUT2D eigenvalue weighted by Gasteiger charge is -2.14. The Hall–Kier alpha value is -2.43. The van der Waals surface area contributed by atoms with E-state index in [0.29, 0.717) is 11.8 Å². The van der Waals surface area contributed by atoms with Gasteiger partial charge >= 0.3 is 0 Å². The minimum Gasteiger partial charge on any atom is -0.353 e. The Balaban J connectivity index is 1.60. The molecule has 1 aromatic heterocycles. The summed E-state index contributed by atoms with van der Waals surface area (Å²) in [6, 6.07) is 6.23. The molecule has 5 nitrogen and oxygen atoms in total. The van der Waals surface area contributed by atoms with E-state index in [9.17, 15) is 0 Å². The monoisotopic (exact) mass is 323 g/mol. The molecule has 0 radical (unpaired) electrons. The Morgan fingerprint density at radius 1 is 1.12 bits per heavy atom. The lowest BCUT2D eigenvalue weighted by atomic mass is 9.97. The van der Waals surface area contributed by atoms with Gasteiger partial charge in [-0.15, -0.1) is 5.10 Å². The Morgan fingerprint density at radius 2 is 1.96 bits per heavy atom. The van der Waals surface area contributed by atoms with Gasteiger partial charge in [0.2, 0.25) is 5.95 Å². The maximum Gasteiger partial charge on any atom is 0.244 e. The van der Waals surface area contributed by atoms with E-state index < -0.39 is 0 Å². The number of anilines is 3. The number of rotatable bonds is 6. The third-order valence-corrected chi connectivity index (χ3v) is 4.41. The van der Waals surface area contributed by atoms with Crippen LogP contribution in [-0.2, 0) is 0 Å². The van der Waals surface area contributed by atoms with Crippen molar-refractivity contribution in [3.8, 4) is 0 Å². The van der Waals surface area contributed by atoms with Crippen molar-refractivity contribution < 1.29 is 0 Å². The molecule has 0 atom stereocenters. The number of nitrogens with zero attached hydrogens (tertiary/aromatic N) is 3. The molecule has 0 saturated heterocycles. The van der Waals surface area contributed by atoms with Crippen molar-refractivity contribution in [3.63, 3.8) is 0 Å². The summed E-state index contributed by atoms with van der Waals surface area (Å²) in [5.41, 5.74) is 5.00. The molecule has 0 amide bonds. The molecule has 0 fully saturated rings. The summed E-state index contributed by atoms with van der Waals surface area (Å²) in [7, 11) is 0. The molecule has 0 saturated carbocycles. The number of aryl methyl sites for hydroxylation is 2. The number of allylic oxidation sites excluding steroid dienone is 1. The first-order valence-electron chi connectivity index (χ1n) is 8.67. The zero-order chi connectivity index (χ0) is 16.8. The highest BCUT2D eigenvalue weighted by Gasteiger charge is 2.07. The molecule has 1 aliphatic rings. The normalized spacial score (nSPS) is 14.2. The fourth-order valence-electron chi connectivity index (χ4n) is 3.04. The molecule has 0 unspecified atom stereocenters. The highest BCUT2D eigenvalue weighted by Crippen LogP contribution is 2.23. The molecule has 0 spiro atoms. The standard InChI is InChI=1S/C19H25N5/c1-14-7-6-8-15(2)18(14)22-17-13-21-24-19(23-17)20-12-11-16-9-4-3-5-10-16/h6-9,13H,3-5,10-12H2,1-2H3,(H2,20,22,23,24). The van der Waals surface area contributed by atoms with Gasteiger partial charge in [-0.1, -0.05) is 29.8 Å². The maximum absolute atomic E-state index is 4.52. The third-order valence-electron chi connectivity index (χ3n) is 4.41. The van der Waals surface area contributed by atoms with Gasteiger partial charge in [0.25, 0.3) is 0 Å². The summed E-state index contributed by atoms with van der Waals surface area (Å²) >= 11 is 0. The maximum atomic E-state index is 4.52. The summed E-state index contributed by atoms with van der Waals surface area (Å²) < 4.78 is 0. The predicted octanol–water partition coefficient (Wildman–Crippen LogP) is 4.53. The van der Waals surface area contributed by atoms with Crippen molar-refractivity contribution in [1.29, 1.82) is 0 Å². The molecule has 1 aliphatic carbocycles. The fraction of sp³-hybridized carbons (Fsp3) is 0.421. The molecule has 2 N–H and O–H groups in total. The Bertz CT molecular complexity index is 703. The van der Waals surface area contributed by atoms with E-state index in [4.69, 9.17) is 0 Å². The molecule has 5 heteroatoms. The van der Waals surface area contributed by atoms with Crippen molar-refractivity contribution in [2.45, 2.75) is 46.0 Å². The van der Waals surface area contributed by atoms with Crippen LogP contribution in [0.2, 0.25) is 0 Å². The first-order valence-corrected chi connectivity index (χ1v) is 8.67. The first-order chi connectivity index (χ1) is 11.7. The van der Waals surface area contributed by atoms with E-state index in [2.05, 4.69) is 63.9 Å². The van der Waals surface area contributed by atoms with Gasteiger partial charge in [-0.05, 0) is 57.1 Å². The van der Waals surface area contributed by atoms with Crippen LogP contribution in [0.5, 0.6) is 0 Å². The Morgan fingerprint density at radius 3 is 2.71 bits per heavy atom. The van der Waals surface area contributed by atoms with E-state index in [1.807, 2.05) is 0 Å². The van der Waals surface area contributed by atoms with Crippen LogP contribution in [0.25, 0.3) is 0 Å². The molecular weight excluding hydrogens is 298 g/mol.